The minimum absolute atomic E-state index is 0.113. The highest BCUT2D eigenvalue weighted by Gasteiger charge is 2.21. The van der Waals surface area contributed by atoms with E-state index in [9.17, 15) is 9.90 Å². The number of aromatic nitrogens is 2. The van der Waals surface area contributed by atoms with Crippen molar-refractivity contribution in [2.45, 2.75) is 12.8 Å². The summed E-state index contributed by atoms with van der Waals surface area (Å²) in [6.45, 7) is 1.73. The third-order valence-corrected chi connectivity index (χ3v) is 4.04. The maximum absolute atomic E-state index is 11.8. The van der Waals surface area contributed by atoms with Gasteiger partial charge in [0.1, 0.15) is 5.75 Å². The van der Waals surface area contributed by atoms with Crippen LogP contribution in [0.4, 0.5) is 0 Å². The van der Waals surface area contributed by atoms with E-state index in [0.29, 0.717) is 16.8 Å². The van der Waals surface area contributed by atoms with Crippen molar-refractivity contribution in [1.29, 1.82) is 0 Å². The van der Waals surface area contributed by atoms with Crippen LogP contribution in [-0.2, 0) is 4.79 Å². The molecule has 0 fully saturated rings. The highest BCUT2D eigenvalue weighted by atomic mass is 16.3. The summed E-state index contributed by atoms with van der Waals surface area (Å²) in [7, 11) is 0. The molecule has 2 aromatic carbocycles. The summed E-state index contributed by atoms with van der Waals surface area (Å²) in [5.41, 5.74) is 5.91. The first kappa shape index (κ1) is 15.8. The van der Waals surface area contributed by atoms with E-state index < -0.39 is 5.92 Å². The second kappa shape index (κ2) is 6.55. The monoisotopic (exact) mass is 322 g/mol. The minimum Gasteiger partial charge on any atom is -0.507 e. The molecule has 6 nitrogen and oxygen atoms in total. The third-order valence-electron chi connectivity index (χ3n) is 4.04. The second-order valence-corrected chi connectivity index (χ2v) is 5.53. The largest absolute Gasteiger partial charge is 0.507 e. The number of benzene rings is 2. The Morgan fingerprint density at radius 3 is 2.62 bits per heavy atom. The van der Waals surface area contributed by atoms with Crippen LogP contribution in [0, 0.1) is 0 Å². The number of hydrogen-bond acceptors (Lipinski definition) is 4. The summed E-state index contributed by atoms with van der Waals surface area (Å²) in [5.74, 6) is 4.51. The number of phenolic OH excluding ortho intramolecular Hbond substituents is 1. The summed E-state index contributed by atoms with van der Waals surface area (Å²) in [6, 6.07) is 15.2. The van der Waals surface area contributed by atoms with E-state index >= 15 is 0 Å². The van der Waals surface area contributed by atoms with Crippen LogP contribution in [-0.4, -0.2) is 21.2 Å². The predicted octanol–water partition coefficient (Wildman–Crippen LogP) is 2.54. The van der Waals surface area contributed by atoms with Crippen LogP contribution in [0.1, 0.15) is 18.4 Å². The Labute approximate surface area is 139 Å². The fourth-order valence-electron chi connectivity index (χ4n) is 2.66. The van der Waals surface area contributed by atoms with Gasteiger partial charge >= 0.3 is 0 Å². The standard InChI is InChI=1S/C18H18N4O2/c1-11(18(24)21-19)15-10-20-22-17(15)14-8-7-13(9-16(14)23)12-5-3-2-4-6-12/h2-11,23H,19H2,1H3,(H,20,22)(H,21,24). The maximum atomic E-state index is 11.8. The molecule has 0 aliphatic rings. The topological polar surface area (TPSA) is 104 Å². The van der Waals surface area contributed by atoms with Gasteiger partial charge in [-0.05, 0) is 30.2 Å². The molecule has 1 amide bonds. The smallest absolute Gasteiger partial charge is 0.241 e. The highest BCUT2D eigenvalue weighted by Crippen LogP contribution is 2.36. The number of nitrogens with two attached hydrogens (primary N) is 1. The molecule has 0 radical (unpaired) electrons. The normalized spacial score (nSPS) is 11.9. The van der Waals surface area contributed by atoms with Crippen LogP contribution in [0.25, 0.3) is 22.4 Å². The lowest BCUT2D eigenvalue weighted by Crippen LogP contribution is -2.33. The van der Waals surface area contributed by atoms with E-state index in [0.717, 1.165) is 11.1 Å². The number of aromatic amines is 1. The molecular weight excluding hydrogens is 304 g/mol. The molecule has 3 aromatic rings. The first-order chi connectivity index (χ1) is 11.6. The van der Waals surface area contributed by atoms with Gasteiger partial charge in [-0.25, -0.2) is 5.84 Å². The van der Waals surface area contributed by atoms with Crippen LogP contribution in [0.3, 0.4) is 0 Å². The van der Waals surface area contributed by atoms with Crippen molar-refractivity contribution < 1.29 is 9.90 Å². The van der Waals surface area contributed by atoms with Crippen molar-refractivity contribution in [2.75, 3.05) is 0 Å². The van der Waals surface area contributed by atoms with E-state index in [-0.39, 0.29) is 11.7 Å². The second-order valence-electron chi connectivity index (χ2n) is 5.53. The molecular formula is C18H18N4O2. The molecule has 1 aromatic heterocycles. The minimum atomic E-state index is -0.489. The van der Waals surface area contributed by atoms with Gasteiger partial charge in [0.25, 0.3) is 0 Å². The number of H-pyrrole nitrogens is 1. The van der Waals surface area contributed by atoms with Crippen molar-refractivity contribution in [3.8, 4) is 28.1 Å². The lowest BCUT2D eigenvalue weighted by atomic mass is 9.95. The average molecular weight is 322 g/mol. The van der Waals surface area contributed by atoms with Crippen LogP contribution in [0.5, 0.6) is 5.75 Å². The number of amides is 1. The number of phenols is 1. The molecule has 24 heavy (non-hydrogen) atoms. The van der Waals surface area contributed by atoms with Gasteiger partial charge in [0.2, 0.25) is 5.91 Å². The number of nitrogens with one attached hydrogen (secondary N) is 2. The van der Waals surface area contributed by atoms with Crippen molar-refractivity contribution in [3.63, 3.8) is 0 Å². The number of hydrogen-bond donors (Lipinski definition) is 4. The molecule has 6 heteroatoms. The number of carbonyl (C=O) groups is 1. The molecule has 0 aliphatic heterocycles. The molecule has 0 bridgehead atoms. The number of carbonyl (C=O) groups excluding carboxylic acids is 1. The van der Waals surface area contributed by atoms with Gasteiger partial charge < -0.3 is 5.11 Å². The molecule has 1 heterocycles. The number of nitrogens with zero attached hydrogens (tertiary/aromatic N) is 1. The summed E-state index contributed by atoms with van der Waals surface area (Å²) >= 11 is 0. The molecule has 1 unspecified atom stereocenters. The fraction of sp³-hybridized carbons (Fsp3) is 0.111. The Balaban J connectivity index is 2.00. The highest BCUT2D eigenvalue weighted by molar-refractivity contribution is 5.86. The number of rotatable bonds is 4. The van der Waals surface area contributed by atoms with E-state index in [1.165, 1.54) is 0 Å². The molecule has 3 rings (SSSR count). The summed E-state index contributed by atoms with van der Waals surface area (Å²) < 4.78 is 0. The zero-order chi connectivity index (χ0) is 17.1. The maximum Gasteiger partial charge on any atom is 0.241 e. The average Bonchev–Trinajstić information content (AvgIpc) is 3.10. The molecule has 5 N–H and O–H groups in total. The fourth-order valence-corrected chi connectivity index (χ4v) is 2.66. The summed E-state index contributed by atoms with van der Waals surface area (Å²) in [6.07, 6.45) is 1.57. The van der Waals surface area contributed by atoms with Gasteiger partial charge in [-0.1, -0.05) is 36.4 Å². The quantitative estimate of drug-likeness (QED) is 0.336. The lowest BCUT2D eigenvalue weighted by Gasteiger charge is -2.12. The zero-order valence-corrected chi connectivity index (χ0v) is 13.2. The van der Waals surface area contributed by atoms with Gasteiger partial charge in [0.15, 0.2) is 0 Å². The molecule has 122 valence electrons. The Morgan fingerprint density at radius 1 is 1.21 bits per heavy atom. The SMILES string of the molecule is CC(C(=O)NN)c1cn[nH]c1-c1ccc(-c2ccccc2)cc1O. The van der Waals surface area contributed by atoms with Crippen LogP contribution < -0.4 is 11.3 Å². The van der Waals surface area contributed by atoms with E-state index in [1.807, 2.05) is 42.5 Å². The van der Waals surface area contributed by atoms with Crippen LogP contribution >= 0.6 is 0 Å². The van der Waals surface area contributed by atoms with Gasteiger partial charge in [-0.15, -0.1) is 0 Å². The molecule has 0 spiro atoms. The number of aromatic hydroxyl groups is 1. The van der Waals surface area contributed by atoms with E-state index in [2.05, 4.69) is 15.6 Å². The first-order valence-electron chi connectivity index (χ1n) is 7.54. The summed E-state index contributed by atoms with van der Waals surface area (Å²) in [5, 5.41) is 17.3. The molecule has 1 atom stereocenters. The van der Waals surface area contributed by atoms with Crippen molar-refractivity contribution in [1.82, 2.24) is 15.6 Å². The molecule has 0 saturated heterocycles. The van der Waals surface area contributed by atoms with Crippen molar-refractivity contribution in [3.05, 3.63) is 60.3 Å². The Hall–Kier alpha value is -3.12. The van der Waals surface area contributed by atoms with Crippen LogP contribution in [0.15, 0.2) is 54.7 Å². The molecule has 0 saturated carbocycles. The Bertz CT molecular complexity index is 858. The van der Waals surface area contributed by atoms with Crippen LogP contribution in [0.2, 0.25) is 0 Å². The van der Waals surface area contributed by atoms with Crippen molar-refractivity contribution >= 4 is 5.91 Å². The Morgan fingerprint density at radius 2 is 1.96 bits per heavy atom. The van der Waals surface area contributed by atoms with E-state index in [1.54, 1.807) is 19.2 Å². The summed E-state index contributed by atoms with van der Waals surface area (Å²) in [4.78, 5) is 11.8. The third kappa shape index (κ3) is 2.87. The van der Waals surface area contributed by atoms with Gasteiger partial charge in [0.05, 0.1) is 17.8 Å². The first-order valence-corrected chi connectivity index (χ1v) is 7.54. The van der Waals surface area contributed by atoms with E-state index in [4.69, 9.17) is 5.84 Å². The number of hydrazine groups is 1. The van der Waals surface area contributed by atoms with Gasteiger partial charge in [-0.3, -0.25) is 15.3 Å². The predicted molar refractivity (Wildman–Crippen MR) is 91.9 cm³/mol. The van der Waals surface area contributed by atoms with Crippen molar-refractivity contribution in [2.24, 2.45) is 5.84 Å². The van der Waals surface area contributed by atoms with Gasteiger partial charge in [-0.2, -0.15) is 5.10 Å². The zero-order valence-electron chi connectivity index (χ0n) is 13.2. The molecule has 0 aliphatic carbocycles. The lowest BCUT2D eigenvalue weighted by molar-refractivity contribution is -0.122. The van der Waals surface area contributed by atoms with Gasteiger partial charge in [0, 0.05) is 11.1 Å². The Kier molecular flexibility index (Phi) is 4.31.